The van der Waals surface area contributed by atoms with E-state index < -0.39 is 0 Å². The average Bonchev–Trinajstić information content (AvgIpc) is 2.46. The molecule has 0 bridgehead atoms. The molecular formula is C13H22N4OS. The van der Waals surface area contributed by atoms with Gasteiger partial charge < -0.3 is 10.1 Å². The molecule has 0 spiro atoms. The van der Waals surface area contributed by atoms with Crippen molar-refractivity contribution < 1.29 is 4.74 Å². The SMILES string of the molecule is CCOCCCN=C(NN)Nc1ccc(SC)cc1. The second-order valence-corrected chi connectivity index (χ2v) is 4.66. The van der Waals surface area contributed by atoms with Crippen LogP contribution in [0.25, 0.3) is 0 Å². The zero-order valence-corrected chi connectivity index (χ0v) is 12.3. The zero-order valence-electron chi connectivity index (χ0n) is 11.5. The second kappa shape index (κ2) is 9.66. The lowest BCUT2D eigenvalue weighted by atomic mass is 10.3. The van der Waals surface area contributed by atoms with E-state index in [0.717, 1.165) is 25.3 Å². The third kappa shape index (κ3) is 6.47. The summed E-state index contributed by atoms with van der Waals surface area (Å²) < 4.78 is 5.25. The predicted molar refractivity (Wildman–Crippen MR) is 82.6 cm³/mol. The van der Waals surface area contributed by atoms with Crippen LogP contribution >= 0.6 is 11.8 Å². The van der Waals surface area contributed by atoms with Crippen LogP contribution < -0.4 is 16.6 Å². The predicted octanol–water partition coefficient (Wildman–Crippen LogP) is 2.07. The van der Waals surface area contributed by atoms with Gasteiger partial charge >= 0.3 is 0 Å². The van der Waals surface area contributed by atoms with Crippen molar-refractivity contribution in [2.45, 2.75) is 18.2 Å². The van der Waals surface area contributed by atoms with Gasteiger partial charge in [0.15, 0.2) is 0 Å². The highest BCUT2D eigenvalue weighted by Crippen LogP contribution is 2.17. The number of aliphatic imine (C=N–C) groups is 1. The summed E-state index contributed by atoms with van der Waals surface area (Å²) in [6, 6.07) is 8.10. The number of hydrogen-bond acceptors (Lipinski definition) is 4. The number of anilines is 1. The van der Waals surface area contributed by atoms with Crippen LogP contribution in [0.15, 0.2) is 34.2 Å². The third-order valence-electron chi connectivity index (χ3n) is 2.41. The molecule has 1 rings (SSSR count). The van der Waals surface area contributed by atoms with Gasteiger partial charge in [-0.3, -0.25) is 10.4 Å². The van der Waals surface area contributed by atoms with E-state index in [1.807, 2.05) is 19.1 Å². The van der Waals surface area contributed by atoms with Crippen molar-refractivity contribution in [2.75, 3.05) is 31.3 Å². The van der Waals surface area contributed by atoms with Gasteiger partial charge in [-0.05, 0) is 43.9 Å². The quantitative estimate of drug-likeness (QED) is 0.178. The highest BCUT2D eigenvalue weighted by atomic mass is 32.2. The molecule has 0 saturated heterocycles. The molecule has 0 radical (unpaired) electrons. The number of hydrazine groups is 1. The van der Waals surface area contributed by atoms with Crippen molar-refractivity contribution in [3.63, 3.8) is 0 Å². The van der Waals surface area contributed by atoms with E-state index in [0.29, 0.717) is 12.5 Å². The molecule has 106 valence electrons. The number of nitrogens with one attached hydrogen (secondary N) is 2. The number of guanidine groups is 1. The Balaban J connectivity index is 2.43. The van der Waals surface area contributed by atoms with Crippen LogP contribution in [-0.2, 0) is 4.74 Å². The fraction of sp³-hybridized carbons (Fsp3) is 0.462. The Morgan fingerprint density at radius 3 is 2.68 bits per heavy atom. The minimum absolute atomic E-state index is 0.563. The zero-order chi connectivity index (χ0) is 13.9. The van der Waals surface area contributed by atoms with Gasteiger partial charge in [-0.25, -0.2) is 5.84 Å². The van der Waals surface area contributed by atoms with Crippen molar-refractivity contribution in [3.05, 3.63) is 24.3 Å². The van der Waals surface area contributed by atoms with Crippen molar-refractivity contribution in [3.8, 4) is 0 Å². The fourth-order valence-electron chi connectivity index (χ4n) is 1.43. The summed E-state index contributed by atoms with van der Waals surface area (Å²) in [7, 11) is 0. The summed E-state index contributed by atoms with van der Waals surface area (Å²) in [5.74, 6) is 6.00. The summed E-state index contributed by atoms with van der Waals surface area (Å²) in [6.45, 7) is 4.12. The summed E-state index contributed by atoms with van der Waals surface area (Å²) in [5, 5.41) is 3.13. The van der Waals surface area contributed by atoms with Gasteiger partial charge in [-0.2, -0.15) is 0 Å². The number of thioether (sulfide) groups is 1. The van der Waals surface area contributed by atoms with Gasteiger partial charge in [0.05, 0.1) is 0 Å². The molecule has 5 nitrogen and oxygen atoms in total. The summed E-state index contributed by atoms with van der Waals surface area (Å²) in [5.41, 5.74) is 3.52. The number of rotatable bonds is 7. The van der Waals surface area contributed by atoms with E-state index in [-0.39, 0.29) is 0 Å². The molecule has 0 amide bonds. The minimum atomic E-state index is 0.563. The van der Waals surface area contributed by atoms with Crippen LogP contribution in [0.1, 0.15) is 13.3 Å². The maximum atomic E-state index is 5.44. The molecule has 1 aromatic rings. The lowest BCUT2D eigenvalue weighted by Gasteiger charge is -2.09. The van der Waals surface area contributed by atoms with Crippen LogP contribution in [0.2, 0.25) is 0 Å². The largest absolute Gasteiger partial charge is 0.382 e. The average molecular weight is 282 g/mol. The maximum absolute atomic E-state index is 5.44. The van der Waals surface area contributed by atoms with Crippen molar-refractivity contribution in [1.29, 1.82) is 0 Å². The Bertz CT molecular complexity index is 381. The Kier molecular flexibility index (Phi) is 8.04. The second-order valence-electron chi connectivity index (χ2n) is 3.78. The monoisotopic (exact) mass is 282 g/mol. The van der Waals surface area contributed by atoms with Gasteiger partial charge in [0, 0.05) is 30.3 Å². The molecule has 0 aliphatic heterocycles. The number of nitrogens with zero attached hydrogens (tertiary/aromatic N) is 1. The molecular weight excluding hydrogens is 260 g/mol. The van der Waals surface area contributed by atoms with Gasteiger partial charge in [0.1, 0.15) is 0 Å². The summed E-state index contributed by atoms with van der Waals surface area (Å²) >= 11 is 1.71. The molecule has 0 atom stereocenters. The van der Waals surface area contributed by atoms with Crippen LogP contribution in [0, 0.1) is 0 Å². The molecule has 4 N–H and O–H groups in total. The van der Waals surface area contributed by atoms with Gasteiger partial charge in [-0.1, -0.05) is 0 Å². The first-order chi connectivity index (χ1) is 9.30. The van der Waals surface area contributed by atoms with Crippen LogP contribution in [0.5, 0.6) is 0 Å². The van der Waals surface area contributed by atoms with Gasteiger partial charge in [-0.15, -0.1) is 11.8 Å². The fourth-order valence-corrected chi connectivity index (χ4v) is 1.84. The first kappa shape index (κ1) is 15.8. The number of nitrogens with two attached hydrogens (primary N) is 1. The van der Waals surface area contributed by atoms with Crippen LogP contribution in [0.3, 0.4) is 0 Å². The molecule has 1 aromatic carbocycles. The van der Waals surface area contributed by atoms with Crippen molar-refractivity contribution in [1.82, 2.24) is 5.43 Å². The minimum Gasteiger partial charge on any atom is -0.382 e. The Labute approximate surface area is 119 Å². The molecule has 0 unspecified atom stereocenters. The lowest BCUT2D eigenvalue weighted by Crippen LogP contribution is -2.36. The van der Waals surface area contributed by atoms with E-state index in [9.17, 15) is 0 Å². The maximum Gasteiger partial charge on any atom is 0.210 e. The smallest absolute Gasteiger partial charge is 0.210 e. The number of hydrogen-bond donors (Lipinski definition) is 3. The topological polar surface area (TPSA) is 71.7 Å². The third-order valence-corrected chi connectivity index (χ3v) is 3.15. The Morgan fingerprint density at radius 1 is 1.37 bits per heavy atom. The molecule has 0 aliphatic carbocycles. The van der Waals surface area contributed by atoms with Crippen molar-refractivity contribution >= 4 is 23.4 Å². The highest BCUT2D eigenvalue weighted by Gasteiger charge is 1.98. The summed E-state index contributed by atoms with van der Waals surface area (Å²) in [6.07, 6.45) is 2.93. The number of ether oxygens (including phenoxy) is 1. The molecule has 0 aromatic heterocycles. The van der Waals surface area contributed by atoms with E-state index in [2.05, 4.69) is 34.1 Å². The first-order valence-electron chi connectivity index (χ1n) is 6.30. The van der Waals surface area contributed by atoms with Gasteiger partial charge in [0.2, 0.25) is 5.96 Å². The van der Waals surface area contributed by atoms with Gasteiger partial charge in [0.25, 0.3) is 0 Å². The van der Waals surface area contributed by atoms with E-state index in [4.69, 9.17) is 10.6 Å². The first-order valence-corrected chi connectivity index (χ1v) is 7.52. The molecule has 19 heavy (non-hydrogen) atoms. The van der Waals surface area contributed by atoms with E-state index >= 15 is 0 Å². The van der Waals surface area contributed by atoms with Crippen LogP contribution in [0.4, 0.5) is 5.69 Å². The Hall–Kier alpha value is -1.24. The normalized spacial score (nSPS) is 11.4. The molecule has 0 fully saturated rings. The Morgan fingerprint density at radius 2 is 2.11 bits per heavy atom. The van der Waals surface area contributed by atoms with E-state index in [1.54, 1.807) is 11.8 Å². The molecule has 0 heterocycles. The summed E-state index contributed by atoms with van der Waals surface area (Å²) in [4.78, 5) is 5.56. The lowest BCUT2D eigenvalue weighted by molar-refractivity contribution is 0.146. The van der Waals surface area contributed by atoms with Crippen molar-refractivity contribution in [2.24, 2.45) is 10.8 Å². The van der Waals surface area contributed by atoms with Crippen LogP contribution in [-0.4, -0.2) is 32.0 Å². The molecule has 6 heteroatoms. The standard InChI is InChI=1S/C13H22N4OS/c1-3-18-10-4-9-15-13(17-14)16-11-5-7-12(19-2)8-6-11/h5-8H,3-4,9-10,14H2,1-2H3,(H2,15,16,17). The molecule has 0 aliphatic rings. The number of benzene rings is 1. The molecule has 0 saturated carbocycles. The van der Waals surface area contributed by atoms with E-state index in [1.165, 1.54) is 4.90 Å². The highest BCUT2D eigenvalue weighted by molar-refractivity contribution is 7.98.